The maximum Gasteiger partial charge on any atom is 0.323 e. The summed E-state index contributed by atoms with van der Waals surface area (Å²) in [5.41, 5.74) is 0.825. The summed E-state index contributed by atoms with van der Waals surface area (Å²) < 4.78 is 1.97. The first-order chi connectivity index (χ1) is 9.65. The van der Waals surface area contributed by atoms with E-state index in [0.29, 0.717) is 11.6 Å². The van der Waals surface area contributed by atoms with Gasteiger partial charge in [0.1, 0.15) is 6.54 Å². The van der Waals surface area contributed by atoms with Crippen molar-refractivity contribution in [3.05, 3.63) is 48.0 Å². The van der Waals surface area contributed by atoms with Gasteiger partial charge in [-0.3, -0.25) is 4.79 Å². The van der Waals surface area contributed by atoms with Crippen LogP contribution in [0.3, 0.4) is 0 Å². The molecular weight excluding hydrogens is 278 g/mol. The molecule has 106 valence electrons. The molecule has 2 aromatic rings. The minimum Gasteiger partial charge on any atom is -0.480 e. The lowest BCUT2D eigenvalue weighted by Crippen LogP contribution is -2.31. The number of carboxylic acids is 1. The molecule has 1 heterocycles. The van der Waals surface area contributed by atoms with Crippen LogP contribution >= 0.6 is 11.6 Å². The molecule has 0 unspecified atom stereocenters. The Morgan fingerprint density at radius 1 is 1.45 bits per heavy atom. The molecule has 1 aromatic heterocycles. The third-order valence-corrected chi connectivity index (χ3v) is 3.14. The molecule has 2 rings (SSSR count). The SMILES string of the molecule is O=C(O)CN(CCCn1ccnc1)c1cccc(Cl)c1. The number of aromatic nitrogens is 2. The van der Waals surface area contributed by atoms with Crippen LogP contribution in [0.4, 0.5) is 5.69 Å². The Hall–Kier alpha value is -2.01. The molecule has 0 aliphatic heterocycles. The van der Waals surface area contributed by atoms with Gasteiger partial charge in [0, 0.05) is 36.2 Å². The molecular formula is C14H16ClN3O2. The second-order valence-electron chi connectivity index (χ2n) is 4.45. The van der Waals surface area contributed by atoms with Gasteiger partial charge < -0.3 is 14.6 Å². The summed E-state index contributed by atoms with van der Waals surface area (Å²) >= 11 is 5.95. The summed E-state index contributed by atoms with van der Waals surface area (Å²) in [6.45, 7) is 1.41. The van der Waals surface area contributed by atoms with E-state index in [1.54, 1.807) is 24.7 Å². The fourth-order valence-corrected chi connectivity index (χ4v) is 2.18. The molecule has 0 saturated heterocycles. The molecule has 0 aliphatic rings. The smallest absolute Gasteiger partial charge is 0.323 e. The average molecular weight is 294 g/mol. The van der Waals surface area contributed by atoms with E-state index in [-0.39, 0.29) is 6.54 Å². The van der Waals surface area contributed by atoms with E-state index in [1.807, 2.05) is 27.8 Å². The molecule has 0 atom stereocenters. The van der Waals surface area contributed by atoms with Gasteiger partial charge in [-0.2, -0.15) is 0 Å². The molecule has 1 aromatic carbocycles. The number of nitrogens with zero attached hydrogens (tertiary/aromatic N) is 3. The van der Waals surface area contributed by atoms with Crippen molar-refractivity contribution in [2.75, 3.05) is 18.0 Å². The number of carbonyl (C=O) groups is 1. The Labute approximate surface area is 122 Å². The molecule has 0 radical (unpaired) electrons. The van der Waals surface area contributed by atoms with Gasteiger partial charge in [-0.15, -0.1) is 0 Å². The zero-order valence-corrected chi connectivity index (χ0v) is 11.7. The van der Waals surface area contributed by atoms with Crippen LogP contribution < -0.4 is 4.90 Å². The standard InChI is InChI=1S/C14H16ClN3O2/c15-12-3-1-4-13(9-12)18(10-14(19)20)7-2-6-17-8-5-16-11-17/h1,3-5,8-9,11H,2,6-7,10H2,(H,19,20). The maximum atomic E-state index is 11.0. The van der Waals surface area contributed by atoms with Crippen molar-refractivity contribution in [1.29, 1.82) is 0 Å². The molecule has 0 aliphatic carbocycles. The molecule has 0 bridgehead atoms. The quantitative estimate of drug-likeness (QED) is 0.852. The summed E-state index contributed by atoms with van der Waals surface area (Å²) in [5.74, 6) is -0.854. The number of anilines is 1. The van der Waals surface area contributed by atoms with Crippen molar-refractivity contribution in [3.8, 4) is 0 Å². The summed E-state index contributed by atoms with van der Waals surface area (Å²) in [6, 6.07) is 7.24. The van der Waals surface area contributed by atoms with Gasteiger partial charge in [0.05, 0.1) is 6.33 Å². The second kappa shape index (κ2) is 6.96. The average Bonchev–Trinajstić information content (AvgIpc) is 2.90. The highest BCUT2D eigenvalue weighted by Gasteiger charge is 2.10. The molecule has 0 spiro atoms. The van der Waals surface area contributed by atoms with E-state index in [2.05, 4.69) is 4.98 Å². The van der Waals surface area contributed by atoms with Gasteiger partial charge in [0.15, 0.2) is 0 Å². The Morgan fingerprint density at radius 3 is 2.95 bits per heavy atom. The van der Waals surface area contributed by atoms with Crippen LogP contribution in [0, 0.1) is 0 Å². The lowest BCUT2D eigenvalue weighted by Gasteiger charge is -2.23. The fourth-order valence-electron chi connectivity index (χ4n) is 2.00. The highest BCUT2D eigenvalue weighted by Crippen LogP contribution is 2.19. The topological polar surface area (TPSA) is 58.4 Å². The first-order valence-electron chi connectivity index (χ1n) is 6.33. The summed E-state index contributed by atoms with van der Waals surface area (Å²) in [6.07, 6.45) is 6.20. The largest absolute Gasteiger partial charge is 0.480 e. The molecule has 1 N–H and O–H groups in total. The zero-order chi connectivity index (χ0) is 14.4. The third kappa shape index (κ3) is 4.28. The normalized spacial score (nSPS) is 10.4. The first-order valence-corrected chi connectivity index (χ1v) is 6.71. The molecule has 5 nitrogen and oxygen atoms in total. The number of rotatable bonds is 7. The second-order valence-corrected chi connectivity index (χ2v) is 4.89. The predicted octanol–water partition coefficient (Wildman–Crippen LogP) is 2.52. The van der Waals surface area contributed by atoms with Gasteiger partial charge in [-0.1, -0.05) is 17.7 Å². The summed E-state index contributed by atoms with van der Waals surface area (Å²) in [4.78, 5) is 16.8. The van der Waals surface area contributed by atoms with Crippen LogP contribution in [0.15, 0.2) is 43.0 Å². The number of halogens is 1. The van der Waals surface area contributed by atoms with Crippen LogP contribution in [0.2, 0.25) is 5.02 Å². The number of imidazole rings is 1. The molecule has 0 saturated carbocycles. The van der Waals surface area contributed by atoms with E-state index < -0.39 is 5.97 Å². The number of hydrogen-bond donors (Lipinski definition) is 1. The van der Waals surface area contributed by atoms with Crippen LogP contribution in [0.5, 0.6) is 0 Å². The van der Waals surface area contributed by atoms with Crippen molar-refractivity contribution in [2.24, 2.45) is 0 Å². The molecule has 20 heavy (non-hydrogen) atoms. The fraction of sp³-hybridized carbons (Fsp3) is 0.286. The van der Waals surface area contributed by atoms with Crippen molar-refractivity contribution >= 4 is 23.3 Å². The maximum absolute atomic E-state index is 11.0. The van der Waals surface area contributed by atoms with Crippen LogP contribution in [0.25, 0.3) is 0 Å². The van der Waals surface area contributed by atoms with Crippen molar-refractivity contribution in [3.63, 3.8) is 0 Å². The Morgan fingerprint density at radius 2 is 2.30 bits per heavy atom. The number of aryl methyl sites for hydroxylation is 1. The van der Waals surface area contributed by atoms with Crippen LogP contribution in [-0.2, 0) is 11.3 Å². The first kappa shape index (κ1) is 14.4. The van der Waals surface area contributed by atoms with E-state index in [4.69, 9.17) is 16.7 Å². The number of hydrogen-bond acceptors (Lipinski definition) is 3. The van der Waals surface area contributed by atoms with E-state index >= 15 is 0 Å². The van der Waals surface area contributed by atoms with E-state index in [0.717, 1.165) is 18.7 Å². The highest BCUT2D eigenvalue weighted by atomic mass is 35.5. The number of aliphatic carboxylic acids is 1. The zero-order valence-electron chi connectivity index (χ0n) is 10.9. The Balaban J connectivity index is 1.98. The van der Waals surface area contributed by atoms with Crippen molar-refractivity contribution < 1.29 is 9.90 Å². The van der Waals surface area contributed by atoms with Gasteiger partial charge in [0.2, 0.25) is 0 Å². The van der Waals surface area contributed by atoms with E-state index in [1.165, 1.54) is 0 Å². The van der Waals surface area contributed by atoms with Gasteiger partial charge in [0.25, 0.3) is 0 Å². The summed E-state index contributed by atoms with van der Waals surface area (Å²) in [5, 5.41) is 9.61. The number of benzene rings is 1. The number of carboxylic acid groups (broad SMARTS) is 1. The van der Waals surface area contributed by atoms with Crippen molar-refractivity contribution in [1.82, 2.24) is 9.55 Å². The lowest BCUT2D eigenvalue weighted by atomic mass is 10.2. The van der Waals surface area contributed by atoms with Crippen LogP contribution in [0.1, 0.15) is 6.42 Å². The lowest BCUT2D eigenvalue weighted by molar-refractivity contribution is -0.135. The van der Waals surface area contributed by atoms with E-state index in [9.17, 15) is 4.79 Å². The van der Waals surface area contributed by atoms with Gasteiger partial charge in [-0.05, 0) is 24.6 Å². The molecule has 6 heteroatoms. The Bertz CT molecular complexity index is 557. The van der Waals surface area contributed by atoms with Gasteiger partial charge in [-0.25, -0.2) is 4.98 Å². The monoisotopic (exact) mass is 293 g/mol. The minimum absolute atomic E-state index is 0.0374. The third-order valence-electron chi connectivity index (χ3n) is 2.90. The molecule has 0 amide bonds. The molecule has 0 fully saturated rings. The van der Waals surface area contributed by atoms with Crippen molar-refractivity contribution in [2.45, 2.75) is 13.0 Å². The highest BCUT2D eigenvalue weighted by molar-refractivity contribution is 6.30. The van der Waals surface area contributed by atoms with Crippen LogP contribution in [-0.4, -0.2) is 33.7 Å². The minimum atomic E-state index is -0.854. The predicted molar refractivity (Wildman–Crippen MR) is 78.1 cm³/mol. The summed E-state index contributed by atoms with van der Waals surface area (Å²) in [7, 11) is 0. The Kier molecular flexibility index (Phi) is 5.01. The van der Waals surface area contributed by atoms with Gasteiger partial charge >= 0.3 is 5.97 Å².